The second-order valence-corrected chi connectivity index (χ2v) is 5.60. The minimum atomic E-state index is -0.234. The number of nitrogens with zero attached hydrogens (tertiary/aromatic N) is 4. The van der Waals surface area contributed by atoms with E-state index in [1.807, 2.05) is 18.2 Å². The fraction of sp³-hybridized carbons (Fsp3) is 0.438. The first kappa shape index (κ1) is 14.7. The molecular weight excluding hydrogens is 280 g/mol. The zero-order valence-corrected chi connectivity index (χ0v) is 12.3. The van der Waals surface area contributed by atoms with Crippen molar-refractivity contribution in [2.75, 3.05) is 13.1 Å². The van der Waals surface area contributed by atoms with Crippen LogP contribution in [-0.2, 0) is 13.1 Å². The van der Waals surface area contributed by atoms with Crippen LogP contribution in [0.1, 0.15) is 18.7 Å². The molecule has 0 saturated carbocycles. The third kappa shape index (κ3) is 2.86. The van der Waals surface area contributed by atoms with Crippen LogP contribution in [0.15, 0.2) is 29.1 Å². The highest BCUT2D eigenvalue weighted by atomic mass is 16.3. The lowest BCUT2D eigenvalue weighted by atomic mass is 10.1. The molecule has 6 heteroatoms. The van der Waals surface area contributed by atoms with E-state index in [1.165, 1.54) is 4.57 Å². The summed E-state index contributed by atoms with van der Waals surface area (Å²) in [7, 11) is 0. The first-order valence-electron chi connectivity index (χ1n) is 7.45. The van der Waals surface area contributed by atoms with Crippen molar-refractivity contribution in [3.8, 4) is 6.07 Å². The number of piperidine rings is 1. The van der Waals surface area contributed by atoms with E-state index < -0.39 is 0 Å². The second-order valence-electron chi connectivity index (χ2n) is 5.60. The fourth-order valence-electron chi connectivity index (χ4n) is 2.85. The molecule has 1 aliphatic rings. The molecule has 1 aromatic heterocycles. The SMILES string of the molecule is N#CCn1c(CN2CCC(O)CC2)nc2ccccc2c1=O. The average Bonchev–Trinajstić information content (AvgIpc) is 2.53. The van der Waals surface area contributed by atoms with E-state index >= 15 is 0 Å². The van der Waals surface area contributed by atoms with Crippen LogP contribution < -0.4 is 5.56 Å². The lowest BCUT2D eigenvalue weighted by Crippen LogP contribution is -2.37. The molecule has 0 bridgehead atoms. The van der Waals surface area contributed by atoms with E-state index in [1.54, 1.807) is 12.1 Å². The number of likely N-dealkylation sites (tertiary alicyclic amines) is 1. The Hall–Kier alpha value is -2.23. The van der Waals surface area contributed by atoms with Gasteiger partial charge in [-0.1, -0.05) is 12.1 Å². The average molecular weight is 298 g/mol. The number of aromatic nitrogens is 2. The van der Waals surface area contributed by atoms with Gasteiger partial charge >= 0.3 is 0 Å². The van der Waals surface area contributed by atoms with Crippen molar-refractivity contribution in [3.05, 3.63) is 40.4 Å². The molecule has 2 aromatic rings. The van der Waals surface area contributed by atoms with Crippen LogP contribution in [0, 0.1) is 11.3 Å². The molecule has 0 unspecified atom stereocenters. The molecule has 0 spiro atoms. The van der Waals surface area contributed by atoms with Gasteiger partial charge in [0, 0.05) is 13.1 Å². The van der Waals surface area contributed by atoms with Gasteiger partial charge in [0.15, 0.2) is 0 Å². The molecular formula is C16H18N4O2. The van der Waals surface area contributed by atoms with Crippen molar-refractivity contribution < 1.29 is 5.11 Å². The summed E-state index contributed by atoms with van der Waals surface area (Å²) in [6, 6.07) is 9.24. The highest BCUT2D eigenvalue weighted by Gasteiger charge is 2.19. The molecule has 22 heavy (non-hydrogen) atoms. The number of fused-ring (bicyclic) bond motifs is 1. The standard InChI is InChI=1S/C16H18N4O2/c17-7-10-20-15(11-19-8-5-12(21)6-9-19)18-14-4-2-1-3-13(14)16(20)22/h1-4,12,21H,5-6,8-11H2. The molecule has 1 saturated heterocycles. The molecule has 0 radical (unpaired) electrons. The molecule has 0 aliphatic carbocycles. The summed E-state index contributed by atoms with van der Waals surface area (Å²) in [6.45, 7) is 2.07. The maximum absolute atomic E-state index is 12.5. The van der Waals surface area contributed by atoms with Crippen LogP contribution in [0.5, 0.6) is 0 Å². The molecule has 6 nitrogen and oxygen atoms in total. The summed E-state index contributed by atoms with van der Waals surface area (Å²) >= 11 is 0. The summed E-state index contributed by atoms with van der Waals surface area (Å²) in [5.74, 6) is 0.613. The van der Waals surface area contributed by atoms with E-state index in [0.29, 0.717) is 23.3 Å². The molecule has 1 aliphatic heterocycles. The van der Waals surface area contributed by atoms with Crippen molar-refractivity contribution in [2.24, 2.45) is 0 Å². The minimum absolute atomic E-state index is 0.00245. The van der Waals surface area contributed by atoms with E-state index in [2.05, 4.69) is 9.88 Å². The van der Waals surface area contributed by atoms with Crippen molar-refractivity contribution in [3.63, 3.8) is 0 Å². The van der Waals surface area contributed by atoms with Gasteiger partial charge in [0.1, 0.15) is 12.4 Å². The third-order valence-corrected chi connectivity index (χ3v) is 4.09. The largest absolute Gasteiger partial charge is 0.393 e. The Balaban J connectivity index is 1.98. The summed E-state index contributed by atoms with van der Waals surface area (Å²) in [6.07, 6.45) is 1.23. The van der Waals surface area contributed by atoms with Crippen molar-refractivity contribution in [1.29, 1.82) is 5.26 Å². The van der Waals surface area contributed by atoms with Crippen LogP contribution in [0.4, 0.5) is 0 Å². The Morgan fingerprint density at radius 2 is 2.05 bits per heavy atom. The Morgan fingerprint density at radius 1 is 1.32 bits per heavy atom. The predicted molar refractivity (Wildman–Crippen MR) is 82.1 cm³/mol. The number of aliphatic hydroxyl groups excluding tert-OH is 1. The summed E-state index contributed by atoms with van der Waals surface area (Å²) in [5.41, 5.74) is 0.493. The predicted octanol–water partition coefficient (Wildman–Crippen LogP) is 0.877. The zero-order chi connectivity index (χ0) is 15.5. The number of rotatable bonds is 3. The van der Waals surface area contributed by atoms with Crippen LogP contribution in [0.2, 0.25) is 0 Å². The Bertz CT molecular complexity index is 770. The van der Waals surface area contributed by atoms with Crippen LogP contribution in [0.3, 0.4) is 0 Å². The molecule has 1 N–H and O–H groups in total. The van der Waals surface area contributed by atoms with Crippen molar-refractivity contribution in [1.82, 2.24) is 14.5 Å². The third-order valence-electron chi connectivity index (χ3n) is 4.09. The highest BCUT2D eigenvalue weighted by Crippen LogP contribution is 2.14. The molecule has 2 heterocycles. The normalized spacial score (nSPS) is 16.7. The van der Waals surface area contributed by atoms with Crippen molar-refractivity contribution in [2.45, 2.75) is 32.0 Å². The Labute approximate surface area is 128 Å². The molecule has 1 fully saturated rings. The van der Waals surface area contributed by atoms with E-state index in [4.69, 9.17) is 5.26 Å². The number of para-hydroxylation sites is 1. The number of hydrogen-bond donors (Lipinski definition) is 1. The van der Waals surface area contributed by atoms with Gasteiger partial charge in [-0.05, 0) is 25.0 Å². The highest BCUT2D eigenvalue weighted by molar-refractivity contribution is 5.77. The smallest absolute Gasteiger partial charge is 0.262 e. The summed E-state index contributed by atoms with van der Waals surface area (Å²) < 4.78 is 1.45. The maximum atomic E-state index is 12.5. The van der Waals surface area contributed by atoms with Gasteiger partial charge in [0.2, 0.25) is 0 Å². The zero-order valence-electron chi connectivity index (χ0n) is 12.3. The van der Waals surface area contributed by atoms with Gasteiger partial charge in [-0.2, -0.15) is 5.26 Å². The molecule has 1 aromatic carbocycles. The van der Waals surface area contributed by atoms with Gasteiger partial charge in [0.05, 0.1) is 29.6 Å². The van der Waals surface area contributed by atoms with Crippen LogP contribution in [-0.4, -0.2) is 38.8 Å². The molecule has 114 valence electrons. The Morgan fingerprint density at radius 3 is 2.77 bits per heavy atom. The lowest BCUT2D eigenvalue weighted by Gasteiger charge is -2.29. The van der Waals surface area contributed by atoms with Gasteiger partial charge < -0.3 is 5.11 Å². The number of aliphatic hydroxyl groups is 1. The summed E-state index contributed by atoms with van der Waals surface area (Å²) in [4.78, 5) is 19.3. The quantitative estimate of drug-likeness (QED) is 0.909. The fourth-order valence-corrected chi connectivity index (χ4v) is 2.85. The minimum Gasteiger partial charge on any atom is -0.393 e. The van der Waals surface area contributed by atoms with E-state index in [0.717, 1.165) is 25.9 Å². The van der Waals surface area contributed by atoms with E-state index in [9.17, 15) is 9.90 Å². The van der Waals surface area contributed by atoms with Gasteiger partial charge in [-0.15, -0.1) is 0 Å². The number of benzene rings is 1. The molecule has 0 amide bonds. The van der Waals surface area contributed by atoms with Crippen LogP contribution >= 0.6 is 0 Å². The summed E-state index contributed by atoms with van der Waals surface area (Å²) in [5, 5.41) is 19.1. The van der Waals surface area contributed by atoms with Crippen molar-refractivity contribution >= 4 is 10.9 Å². The molecule has 0 atom stereocenters. The van der Waals surface area contributed by atoms with Crippen LogP contribution in [0.25, 0.3) is 10.9 Å². The van der Waals surface area contributed by atoms with Gasteiger partial charge in [0.25, 0.3) is 5.56 Å². The Kier molecular flexibility index (Phi) is 4.18. The molecule has 3 rings (SSSR count). The number of nitriles is 1. The van der Waals surface area contributed by atoms with Gasteiger partial charge in [-0.25, -0.2) is 4.98 Å². The monoisotopic (exact) mass is 298 g/mol. The maximum Gasteiger partial charge on any atom is 0.262 e. The first-order chi connectivity index (χ1) is 10.7. The van der Waals surface area contributed by atoms with Gasteiger partial charge in [-0.3, -0.25) is 14.3 Å². The number of hydrogen-bond acceptors (Lipinski definition) is 5. The lowest BCUT2D eigenvalue weighted by molar-refractivity contribution is 0.0774. The van der Waals surface area contributed by atoms with E-state index in [-0.39, 0.29) is 18.2 Å². The topological polar surface area (TPSA) is 82.2 Å². The second kappa shape index (κ2) is 6.26. The first-order valence-corrected chi connectivity index (χ1v) is 7.45.